The molecule has 0 fully saturated rings. The Bertz CT molecular complexity index is 769. The minimum Gasteiger partial charge on any atom is -0.492 e. The molecule has 5 nitrogen and oxygen atoms in total. The van der Waals surface area contributed by atoms with Crippen molar-refractivity contribution in [2.75, 3.05) is 17.7 Å². The van der Waals surface area contributed by atoms with Gasteiger partial charge in [-0.1, -0.05) is 35.9 Å². The number of halogens is 1. The van der Waals surface area contributed by atoms with Crippen molar-refractivity contribution in [3.8, 4) is 5.75 Å². The fourth-order valence-electron chi connectivity index (χ4n) is 2.07. The van der Waals surface area contributed by atoms with Crippen LogP contribution in [0.3, 0.4) is 0 Å². The fraction of sp³-hybridized carbons (Fsp3) is 0.263. The largest absolute Gasteiger partial charge is 0.492 e. The molecular formula is C19H20ClNO4S. The molecule has 0 aliphatic heterocycles. The van der Waals surface area contributed by atoms with Crippen molar-refractivity contribution >= 4 is 40.9 Å². The van der Waals surface area contributed by atoms with Crippen LogP contribution in [0, 0.1) is 0 Å². The van der Waals surface area contributed by atoms with Gasteiger partial charge in [-0.2, -0.15) is 0 Å². The molecule has 7 heteroatoms. The first-order chi connectivity index (χ1) is 12.5. The number of rotatable bonds is 8. The normalized spacial score (nSPS) is 11.5. The van der Waals surface area contributed by atoms with Crippen LogP contribution in [0.2, 0.25) is 5.02 Å². The van der Waals surface area contributed by atoms with Crippen molar-refractivity contribution in [2.24, 2.45) is 0 Å². The number of thioether (sulfide) groups is 1. The number of esters is 1. The molecule has 0 radical (unpaired) electrons. The molecule has 2 aromatic carbocycles. The van der Waals surface area contributed by atoms with Gasteiger partial charge in [0.15, 0.2) is 6.10 Å². The Labute approximate surface area is 162 Å². The molecule has 2 aromatic rings. The van der Waals surface area contributed by atoms with Crippen LogP contribution < -0.4 is 10.1 Å². The maximum atomic E-state index is 12.3. The summed E-state index contributed by atoms with van der Waals surface area (Å²) in [4.78, 5) is 25.0. The van der Waals surface area contributed by atoms with E-state index in [0.29, 0.717) is 23.1 Å². The predicted octanol–water partition coefficient (Wildman–Crippen LogP) is 4.40. The number of ether oxygens (including phenoxy) is 2. The molecule has 0 heterocycles. The van der Waals surface area contributed by atoms with E-state index in [-0.39, 0.29) is 5.75 Å². The first-order valence-corrected chi connectivity index (χ1v) is 9.47. The molecule has 0 saturated heterocycles. The molecule has 1 atom stereocenters. The molecule has 0 saturated carbocycles. The van der Waals surface area contributed by atoms with Crippen molar-refractivity contribution in [3.63, 3.8) is 0 Å². The lowest BCUT2D eigenvalue weighted by molar-refractivity contribution is -0.150. The summed E-state index contributed by atoms with van der Waals surface area (Å²) in [5.41, 5.74) is 0.535. The smallest absolute Gasteiger partial charge is 0.317 e. The van der Waals surface area contributed by atoms with Gasteiger partial charge in [0.05, 0.1) is 23.1 Å². The summed E-state index contributed by atoms with van der Waals surface area (Å²) < 4.78 is 10.6. The molecule has 1 N–H and O–H groups in total. The van der Waals surface area contributed by atoms with Crippen LogP contribution in [0.15, 0.2) is 53.4 Å². The SMILES string of the molecule is CCOc1ccccc1NC(=O)C(C)OC(=O)CSc1ccccc1Cl. The summed E-state index contributed by atoms with van der Waals surface area (Å²) >= 11 is 7.31. The molecule has 0 spiro atoms. The van der Waals surface area contributed by atoms with E-state index in [1.807, 2.05) is 31.2 Å². The van der Waals surface area contributed by atoms with Crippen molar-refractivity contribution in [1.82, 2.24) is 0 Å². The molecule has 1 unspecified atom stereocenters. The lowest BCUT2D eigenvalue weighted by Crippen LogP contribution is -2.30. The minimum atomic E-state index is -0.927. The Morgan fingerprint density at radius 1 is 1.15 bits per heavy atom. The summed E-state index contributed by atoms with van der Waals surface area (Å²) in [6.07, 6.45) is -0.927. The van der Waals surface area contributed by atoms with Crippen LogP contribution in [0.4, 0.5) is 5.69 Å². The van der Waals surface area contributed by atoms with Crippen molar-refractivity contribution in [2.45, 2.75) is 24.8 Å². The highest BCUT2D eigenvalue weighted by atomic mass is 35.5. The zero-order valence-corrected chi connectivity index (χ0v) is 16.1. The van der Waals surface area contributed by atoms with Crippen LogP contribution in [0.25, 0.3) is 0 Å². The van der Waals surface area contributed by atoms with E-state index in [9.17, 15) is 9.59 Å². The standard InChI is InChI=1S/C19H20ClNO4S/c1-3-24-16-10-6-5-9-15(16)21-19(23)13(2)25-18(22)12-26-17-11-7-4-8-14(17)20/h4-11,13H,3,12H2,1-2H3,(H,21,23). The summed E-state index contributed by atoms with van der Waals surface area (Å²) in [6.45, 7) is 3.87. The maximum absolute atomic E-state index is 12.3. The van der Waals surface area contributed by atoms with E-state index >= 15 is 0 Å². The molecule has 26 heavy (non-hydrogen) atoms. The van der Waals surface area contributed by atoms with Crippen LogP contribution in [0.5, 0.6) is 5.75 Å². The van der Waals surface area contributed by atoms with Crippen LogP contribution in [0.1, 0.15) is 13.8 Å². The summed E-state index contributed by atoms with van der Waals surface area (Å²) in [6, 6.07) is 14.3. The van der Waals surface area contributed by atoms with E-state index in [1.54, 1.807) is 24.3 Å². The number of para-hydroxylation sites is 2. The Kier molecular flexibility index (Phi) is 7.81. The molecule has 0 aliphatic carbocycles. The summed E-state index contributed by atoms with van der Waals surface area (Å²) in [5.74, 6) is -0.281. The number of amides is 1. The monoisotopic (exact) mass is 393 g/mol. The van der Waals surface area contributed by atoms with Gasteiger partial charge in [0.2, 0.25) is 0 Å². The van der Waals surface area contributed by atoms with Gasteiger partial charge in [0.25, 0.3) is 5.91 Å². The third-order valence-corrected chi connectivity index (χ3v) is 4.79. The number of carbonyl (C=O) groups is 2. The summed E-state index contributed by atoms with van der Waals surface area (Å²) in [5, 5.41) is 3.29. The number of carbonyl (C=O) groups excluding carboxylic acids is 2. The predicted molar refractivity (Wildman–Crippen MR) is 104 cm³/mol. The van der Waals surface area contributed by atoms with Gasteiger partial charge < -0.3 is 14.8 Å². The van der Waals surface area contributed by atoms with E-state index in [0.717, 1.165) is 4.90 Å². The van der Waals surface area contributed by atoms with Gasteiger partial charge >= 0.3 is 5.97 Å². The molecule has 0 aromatic heterocycles. The quantitative estimate of drug-likeness (QED) is 0.532. The topological polar surface area (TPSA) is 64.6 Å². The average molecular weight is 394 g/mol. The number of hydrogen-bond donors (Lipinski definition) is 1. The molecular weight excluding hydrogens is 374 g/mol. The Balaban J connectivity index is 1.86. The Morgan fingerprint density at radius 3 is 2.58 bits per heavy atom. The molecule has 138 valence electrons. The van der Waals surface area contributed by atoms with Gasteiger partial charge in [-0.25, -0.2) is 0 Å². The molecule has 1 amide bonds. The second kappa shape index (κ2) is 10.1. The minimum absolute atomic E-state index is 0.0664. The lowest BCUT2D eigenvalue weighted by Gasteiger charge is -2.15. The lowest BCUT2D eigenvalue weighted by atomic mass is 10.2. The van der Waals surface area contributed by atoms with Gasteiger partial charge in [0, 0.05) is 4.90 Å². The molecule has 0 aliphatic rings. The van der Waals surface area contributed by atoms with Crippen molar-refractivity contribution < 1.29 is 19.1 Å². The Morgan fingerprint density at radius 2 is 1.85 bits per heavy atom. The zero-order valence-electron chi connectivity index (χ0n) is 14.5. The van der Waals surface area contributed by atoms with E-state index in [1.165, 1.54) is 18.7 Å². The third-order valence-electron chi connectivity index (χ3n) is 3.30. The number of hydrogen-bond acceptors (Lipinski definition) is 5. The highest BCUT2D eigenvalue weighted by Crippen LogP contribution is 2.27. The third kappa shape index (κ3) is 5.97. The van der Waals surface area contributed by atoms with E-state index in [2.05, 4.69) is 5.32 Å². The number of anilines is 1. The van der Waals surface area contributed by atoms with Crippen LogP contribution >= 0.6 is 23.4 Å². The van der Waals surface area contributed by atoms with E-state index in [4.69, 9.17) is 21.1 Å². The number of benzene rings is 2. The second-order valence-corrected chi connectivity index (χ2v) is 6.69. The number of nitrogens with one attached hydrogen (secondary N) is 1. The van der Waals surface area contributed by atoms with Crippen LogP contribution in [-0.4, -0.2) is 30.3 Å². The van der Waals surface area contributed by atoms with Gasteiger partial charge in [-0.3, -0.25) is 9.59 Å². The van der Waals surface area contributed by atoms with Crippen molar-refractivity contribution in [3.05, 3.63) is 53.6 Å². The first-order valence-electron chi connectivity index (χ1n) is 8.10. The highest BCUT2D eigenvalue weighted by molar-refractivity contribution is 8.00. The Hall–Kier alpha value is -2.18. The highest BCUT2D eigenvalue weighted by Gasteiger charge is 2.19. The molecule has 2 rings (SSSR count). The second-order valence-electron chi connectivity index (χ2n) is 5.27. The fourth-order valence-corrected chi connectivity index (χ4v) is 3.09. The average Bonchev–Trinajstić information content (AvgIpc) is 2.63. The van der Waals surface area contributed by atoms with Crippen molar-refractivity contribution in [1.29, 1.82) is 0 Å². The molecule has 0 bridgehead atoms. The van der Waals surface area contributed by atoms with Crippen LogP contribution in [-0.2, 0) is 14.3 Å². The van der Waals surface area contributed by atoms with Gasteiger partial charge in [0.1, 0.15) is 5.75 Å². The maximum Gasteiger partial charge on any atom is 0.317 e. The zero-order chi connectivity index (χ0) is 18.9. The first kappa shape index (κ1) is 20.1. The summed E-state index contributed by atoms with van der Waals surface area (Å²) in [7, 11) is 0. The van der Waals surface area contributed by atoms with Gasteiger partial charge in [-0.05, 0) is 38.1 Å². The van der Waals surface area contributed by atoms with Gasteiger partial charge in [-0.15, -0.1) is 11.8 Å². The van der Waals surface area contributed by atoms with E-state index < -0.39 is 18.0 Å².